The minimum absolute atomic E-state index is 0.100. The first-order valence-electron chi connectivity index (χ1n) is 13.7. The number of hydrogen-bond donors (Lipinski definition) is 0. The van der Waals surface area contributed by atoms with E-state index in [1.165, 1.54) is 25.8 Å². The van der Waals surface area contributed by atoms with E-state index in [2.05, 4.69) is 111 Å². The van der Waals surface area contributed by atoms with Gasteiger partial charge >= 0.3 is 5.97 Å². The Balaban J connectivity index is 1.29. The molecule has 0 heterocycles. The number of aryl methyl sites for hydroxylation is 3. The summed E-state index contributed by atoms with van der Waals surface area (Å²) in [6.07, 6.45) is 2.97. The van der Waals surface area contributed by atoms with Crippen molar-refractivity contribution in [3.8, 4) is 5.75 Å². The van der Waals surface area contributed by atoms with Gasteiger partial charge in [0.05, 0.1) is 10.9 Å². The van der Waals surface area contributed by atoms with Gasteiger partial charge in [0, 0.05) is 18.1 Å². The molecule has 0 saturated carbocycles. The van der Waals surface area contributed by atoms with Crippen LogP contribution < -0.4 is 4.74 Å². The Hall–Kier alpha value is -3.50. The van der Waals surface area contributed by atoms with Crippen LogP contribution in [0.25, 0.3) is 0 Å². The highest BCUT2D eigenvalue weighted by atomic mass is 32.2. The third kappa shape index (κ3) is 6.23. The molecule has 5 rings (SSSR count). The summed E-state index contributed by atoms with van der Waals surface area (Å²) in [7, 11) is -0.236. The van der Waals surface area contributed by atoms with Crippen molar-refractivity contribution in [1.29, 1.82) is 0 Å². The number of carbonyl (C=O) groups is 1. The first-order chi connectivity index (χ1) is 18.8. The monoisotopic (exact) mass is 537 g/mol. The summed E-state index contributed by atoms with van der Waals surface area (Å²) >= 11 is 0. The fourth-order valence-corrected chi connectivity index (χ4v) is 7.87. The molecule has 3 nitrogen and oxygen atoms in total. The smallest absolute Gasteiger partial charge is 0.344 e. The molecule has 1 atom stereocenters. The second-order valence-electron chi connectivity index (χ2n) is 10.9. The average Bonchev–Trinajstić information content (AvgIpc) is 2.93. The average molecular weight is 538 g/mol. The lowest BCUT2D eigenvalue weighted by Gasteiger charge is -2.37. The van der Waals surface area contributed by atoms with Crippen LogP contribution in [-0.2, 0) is 33.3 Å². The van der Waals surface area contributed by atoms with Crippen LogP contribution in [0.15, 0.2) is 112 Å². The zero-order valence-electron chi connectivity index (χ0n) is 23.3. The zero-order valence-corrected chi connectivity index (χ0v) is 24.1. The van der Waals surface area contributed by atoms with Crippen LogP contribution in [0.5, 0.6) is 5.75 Å². The number of carbonyl (C=O) groups excluding carboxylic acids is 1. The topological polar surface area (TPSA) is 35.5 Å². The maximum atomic E-state index is 12.9. The van der Waals surface area contributed by atoms with Gasteiger partial charge in [-0.2, -0.15) is 0 Å². The van der Waals surface area contributed by atoms with Gasteiger partial charge < -0.3 is 9.47 Å². The van der Waals surface area contributed by atoms with E-state index < -0.39 is 5.60 Å². The van der Waals surface area contributed by atoms with Crippen LogP contribution in [-0.4, -0.2) is 18.2 Å². The van der Waals surface area contributed by atoms with Gasteiger partial charge in [-0.05, 0) is 93.5 Å². The molecule has 4 aromatic rings. The molecular weight excluding hydrogens is 500 g/mol. The summed E-state index contributed by atoms with van der Waals surface area (Å²) < 4.78 is 12.1. The summed E-state index contributed by atoms with van der Waals surface area (Å²) in [6, 6.07) is 34.2. The lowest BCUT2D eigenvalue weighted by molar-refractivity contribution is -0.164. The highest BCUT2D eigenvalue weighted by Gasteiger charge is 2.36. The van der Waals surface area contributed by atoms with Crippen LogP contribution in [0.2, 0.25) is 0 Å². The summed E-state index contributed by atoms with van der Waals surface area (Å²) in [6.45, 7) is 8.07. The summed E-state index contributed by atoms with van der Waals surface area (Å²) in [5.41, 5.74) is 4.26. The number of ether oxygens (including phenoxy) is 2. The molecule has 1 unspecified atom stereocenters. The first-order valence-corrected chi connectivity index (χ1v) is 14.9. The molecule has 1 aliphatic carbocycles. The normalized spacial score (nSPS) is 15.1. The molecular formula is C35H37O3S+. The van der Waals surface area contributed by atoms with Crippen molar-refractivity contribution in [2.75, 3.05) is 6.61 Å². The molecule has 4 heteroatoms. The van der Waals surface area contributed by atoms with Crippen molar-refractivity contribution >= 4 is 16.9 Å². The SMILES string of the molecule is Cc1cc([S+](c2ccccc2)c2ccccc2)cc(C)c1OCC(=O)OC(C)(C)C1CCc2ccccc2C1. The maximum Gasteiger partial charge on any atom is 0.344 e. The zero-order chi connectivity index (χ0) is 27.4. The Labute approximate surface area is 235 Å². The van der Waals surface area contributed by atoms with E-state index in [1.807, 2.05) is 13.8 Å². The van der Waals surface area contributed by atoms with E-state index >= 15 is 0 Å². The van der Waals surface area contributed by atoms with Crippen molar-refractivity contribution < 1.29 is 14.3 Å². The van der Waals surface area contributed by atoms with Gasteiger partial charge in [0.25, 0.3) is 0 Å². The van der Waals surface area contributed by atoms with Crippen molar-refractivity contribution in [3.05, 3.63) is 119 Å². The Bertz CT molecular complexity index is 1370. The van der Waals surface area contributed by atoms with Crippen LogP contribution in [0, 0.1) is 19.8 Å². The minimum Gasteiger partial charge on any atom is -0.481 e. The van der Waals surface area contributed by atoms with Crippen molar-refractivity contribution in [1.82, 2.24) is 0 Å². The van der Waals surface area contributed by atoms with E-state index in [0.717, 1.165) is 36.1 Å². The van der Waals surface area contributed by atoms with Gasteiger partial charge in [0.15, 0.2) is 21.3 Å². The molecule has 0 radical (unpaired) electrons. The molecule has 0 aliphatic heterocycles. The lowest BCUT2D eigenvalue weighted by Crippen LogP contribution is -2.40. The molecule has 0 saturated heterocycles. The Morgan fingerprint density at radius 3 is 1.92 bits per heavy atom. The maximum absolute atomic E-state index is 12.9. The highest BCUT2D eigenvalue weighted by molar-refractivity contribution is 7.97. The molecule has 39 heavy (non-hydrogen) atoms. The second-order valence-corrected chi connectivity index (χ2v) is 12.9. The van der Waals surface area contributed by atoms with Crippen molar-refractivity contribution in [2.45, 2.75) is 67.2 Å². The molecule has 4 aromatic carbocycles. The standard InChI is InChI=1S/C35H37O3S/c1-25-21-32(39(30-15-7-5-8-16-30)31-17-9-6-10-18-31)22-26(2)34(25)37-24-33(36)38-35(3,4)29-20-19-27-13-11-12-14-28(27)23-29/h5-18,21-22,29H,19-20,23-24H2,1-4H3/q+1. The Morgan fingerprint density at radius 2 is 1.33 bits per heavy atom. The van der Waals surface area contributed by atoms with Gasteiger partial charge in [-0.1, -0.05) is 60.7 Å². The number of hydrogen-bond acceptors (Lipinski definition) is 3. The molecule has 200 valence electrons. The summed E-state index contributed by atoms with van der Waals surface area (Å²) in [5.74, 6) is 0.716. The second kappa shape index (κ2) is 11.7. The fraction of sp³-hybridized carbons (Fsp3) is 0.286. The fourth-order valence-electron chi connectivity index (χ4n) is 5.61. The van der Waals surface area contributed by atoms with Gasteiger partial charge in [-0.3, -0.25) is 0 Å². The van der Waals surface area contributed by atoms with E-state index in [-0.39, 0.29) is 29.4 Å². The van der Waals surface area contributed by atoms with E-state index in [9.17, 15) is 4.79 Å². The van der Waals surface area contributed by atoms with Gasteiger partial charge in [-0.25, -0.2) is 4.79 Å². The molecule has 0 aromatic heterocycles. The third-order valence-corrected chi connectivity index (χ3v) is 9.86. The van der Waals surface area contributed by atoms with Gasteiger partial charge in [-0.15, -0.1) is 0 Å². The molecule has 0 N–H and O–H groups in total. The quantitative estimate of drug-likeness (QED) is 0.169. The van der Waals surface area contributed by atoms with Crippen LogP contribution in [0.4, 0.5) is 0 Å². The van der Waals surface area contributed by atoms with Crippen LogP contribution in [0.3, 0.4) is 0 Å². The summed E-state index contributed by atoms with van der Waals surface area (Å²) in [4.78, 5) is 16.7. The van der Waals surface area contributed by atoms with E-state index in [4.69, 9.17) is 9.47 Å². The van der Waals surface area contributed by atoms with E-state index in [1.54, 1.807) is 0 Å². The summed E-state index contributed by atoms with van der Waals surface area (Å²) in [5, 5.41) is 0. The van der Waals surface area contributed by atoms with Crippen LogP contribution in [0.1, 0.15) is 42.5 Å². The van der Waals surface area contributed by atoms with Crippen molar-refractivity contribution in [2.24, 2.45) is 5.92 Å². The Morgan fingerprint density at radius 1 is 0.795 bits per heavy atom. The molecule has 0 spiro atoms. The Kier molecular flexibility index (Phi) is 8.13. The minimum atomic E-state index is -0.554. The predicted molar refractivity (Wildman–Crippen MR) is 159 cm³/mol. The molecule has 1 aliphatic rings. The number of esters is 1. The predicted octanol–water partition coefficient (Wildman–Crippen LogP) is 7.90. The largest absolute Gasteiger partial charge is 0.481 e. The van der Waals surface area contributed by atoms with Crippen LogP contribution >= 0.6 is 0 Å². The number of benzene rings is 4. The first kappa shape index (κ1) is 27.1. The van der Waals surface area contributed by atoms with Crippen molar-refractivity contribution in [3.63, 3.8) is 0 Å². The molecule has 0 fully saturated rings. The lowest BCUT2D eigenvalue weighted by atomic mass is 9.76. The molecule has 0 bridgehead atoms. The highest BCUT2D eigenvalue weighted by Crippen LogP contribution is 2.37. The van der Waals surface area contributed by atoms with E-state index in [0.29, 0.717) is 0 Å². The van der Waals surface area contributed by atoms with Gasteiger partial charge in [0.1, 0.15) is 11.4 Å². The van der Waals surface area contributed by atoms with Gasteiger partial charge in [0.2, 0.25) is 0 Å². The third-order valence-electron chi connectivity index (χ3n) is 7.67. The number of rotatable bonds is 8. The molecule has 0 amide bonds. The number of fused-ring (bicyclic) bond motifs is 1.